The van der Waals surface area contributed by atoms with Gasteiger partial charge in [-0.05, 0) is 0 Å². The van der Waals surface area contributed by atoms with Gasteiger partial charge in [0.15, 0.2) is 5.69 Å². The summed E-state index contributed by atoms with van der Waals surface area (Å²) in [6, 6.07) is 0. The molecular formula is C8H8N4O2S2. The first-order valence-electron chi connectivity index (χ1n) is 4.43. The minimum Gasteiger partial charge on any atom is -0.476 e. The van der Waals surface area contributed by atoms with Gasteiger partial charge < -0.3 is 10.4 Å². The number of anilines is 1. The van der Waals surface area contributed by atoms with Gasteiger partial charge in [0.05, 0.1) is 5.01 Å². The Bertz CT molecular complexity index is 468. The summed E-state index contributed by atoms with van der Waals surface area (Å²) < 4.78 is 0. The van der Waals surface area contributed by atoms with Gasteiger partial charge >= 0.3 is 5.97 Å². The molecule has 0 aliphatic carbocycles. The summed E-state index contributed by atoms with van der Waals surface area (Å²) >= 11 is 2.77. The Kier molecular flexibility index (Phi) is 3.42. The van der Waals surface area contributed by atoms with E-state index in [0.29, 0.717) is 13.0 Å². The number of carbonyl (C=O) groups is 1. The SMILES string of the molecule is O=C(O)c1csc(CCNc2nncs2)n1. The second-order valence-corrected chi connectivity index (χ2v) is 4.63. The van der Waals surface area contributed by atoms with Crippen molar-refractivity contribution in [3.63, 3.8) is 0 Å². The Labute approximate surface area is 99.0 Å². The van der Waals surface area contributed by atoms with E-state index in [2.05, 4.69) is 20.5 Å². The summed E-state index contributed by atoms with van der Waals surface area (Å²) in [6.45, 7) is 0.668. The van der Waals surface area contributed by atoms with E-state index in [4.69, 9.17) is 5.11 Å². The monoisotopic (exact) mass is 256 g/mol. The number of carboxylic acids is 1. The minimum absolute atomic E-state index is 0.107. The van der Waals surface area contributed by atoms with Crippen molar-refractivity contribution in [2.75, 3.05) is 11.9 Å². The molecule has 6 nitrogen and oxygen atoms in total. The molecule has 0 aromatic carbocycles. The van der Waals surface area contributed by atoms with Gasteiger partial charge in [0, 0.05) is 18.3 Å². The van der Waals surface area contributed by atoms with E-state index < -0.39 is 5.97 Å². The molecule has 0 saturated heterocycles. The van der Waals surface area contributed by atoms with E-state index in [9.17, 15) is 4.79 Å². The molecule has 0 amide bonds. The molecule has 2 aromatic rings. The second-order valence-electron chi connectivity index (χ2n) is 2.85. The third-order valence-electron chi connectivity index (χ3n) is 1.75. The summed E-state index contributed by atoms with van der Waals surface area (Å²) in [6.07, 6.45) is 0.678. The minimum atomic E-state index is -0.986. The molecule has 0 atom stereocenters. The Hall–Kier alpha value is -1.54. The lowest BCUT2D eigenvalue weighted by Crippen LogP contribution is -2.05. The zero-order valence-electron chi connectivity index (χ0n) is 8.08. The molecule has 0 saturated carbocycles. The molecule has 2 N–H and O–H groups in total. The Morgan fingerprint density at radius 2 is 2.38 bits per heavy atom. The number of rotatable bonds is 5. The second kappa shape index (κ2) is 4.99. The number of hydrogen-bond acceptors (Lipinski definition) is 7. The third kappa shape index (κ3) is 2.74. The van der Waals surface area contributed by atoms with Crippen LogP contribution in [-0.4, -0.2) is 32.8 Å². The number of aromatic nitrogens is 3. The van der Waals surface area contributed by atoms with Gasteiger partial charge in [0.1, 0.15) is 5.51 Å². The molecule has 2 rings (SSSR count). The van der Waals surface area contributed by atoms with Crippen molar-refractivity contribution < 1.29 is 9.90 Å². The number of carboxylic acid groups (broad SMARTS) is 1. The summed E-state index contributed by atoms with van der Waals surface area (Å²) in [5.41, 5.74) is 1.75. The first kappa shape index (κ1) is 11.0. The molecule has 0 aliphatic heterocycles. The lowest BCUT2D eigenvalue weighted by molar-refractivity contribution is 0.0691. The van der Waals surface area contributed by atoms with Crippen LogP contribution in [0.2, 0.25) is 0 Å². The first-order valence-corrected chi connectivity index (χ1v) is 6.19. The quantitative estimate of drug-likeness (QED) is 0.839. The van der Waals surface area contributed by atoms with E-state index in [1.807, 2.05) is 0 Å². The van der Waals surface area contributed by atoms with Crippen molar-refractivity contribution in [1.29, 1.82) is 0 Å². The van der Waals surface area contributed by atoms with Crippen LogP contribution in [-0.2, 0) is 6.42 Å². The molecule has 0 bridgehead atoms. The van der Waals surface area contributed by atoms with Crippen molar-refractivity contribution in [1.82, 2.24) is 15.2 Å². The van der Waals surface area contributed by atoms with E-state index in [-0.39, 0.29) is 5.69 Å². The van der Waals surface area contributed by atoms with Crippen LogP contribution >= 0.6 is 22.7 Å². The zero-order valence-corrected chi connectivity index (χ0v) is 9.72. The maximum Gasteiger partial charge on any atom is 0.355 e. The van der Waals surface area contributed by atoms with Crippen LogP contribution < -0.4 is 5.32 Å². The van der Waals surface area contributed by atoms with Gasteiger partial charge in [-0.2, -0.15) is 0 Å². The highest BCUT2D eigenvalue weighted by molar-refractivity contribution is 7.13. The van der Waals surface area contributed by atoms with Gasteiger partial charge in [0.2, 0.25) is 5.13 Å². The molecule has 2 heterocycles. The van der Waals surface area contributed by atoms with Crippen molar-refractivity contribution in [2.45, 2.75) is 6.42 Å². The molecule has 2 aromatic heterocycles. The molecule has 0 radical (unpaired) electrons. The normalized spacial score (nSPS) is 10.2. The molecular weight excluding hydrogens is 248 g/mol. The first-order chi connectivity index (χ1) is 7.75. The summed E-state index contributed by atoms with van der Waals surface area (Å²) in [5.74, 6) is -0.986. The Morgan fingerprint density at radius 3 is 3.00 bits per heavy atom. The van der Waals surface area contributed by atoms with Gasteiger partial charge in [-0.3, -0.25) is 0 Å². The molecule has 8 heteroatoms. The highest BCUT2D eigenvalue weighted by Gasteiger charge is 2.08. The van der Waals surface area contributed by atoms with Crippen LogP contribution in [0.3, 0.4) is 0 Å². The van der Waals surface area contributed by atoms with Crippen LogP contribution in [0, 0.1) is 0 Å². The van der Waals surface area contributed by atoms with Gasteiger partial charge in [-0.1, -0.05) is 11.3 Å². The number of nitrogens with zero attached hydrogens (tertiary/aromatic N) is 3. The van der Waals surface area contributed by atoms with Gasteiger partial charge in [-0.15, -0.1) is 21.5 Å². The van der Waals surface area contributed by atoms with Crippen LogP contribution in [0.25, 0.3) is 0 Å². The van der Waals surface area contributed by atoms with E-state index in [0.717, 1.165) is 10.1 Å². The number of hydrogen-bond donors (Lipinski definition) is 2. The standard InChI is InChI=1S/C8H8N4O2S2/c13-7(14)5-3-15-6(11-5)1-2-9-8-12-10-4-16-8/h3-4H,1-2H2,(H,9,12)(H,13,14). The Morgan fingerprint density at radius 1 is 1.50 bits per heavy atom. The largest absolute Gasteiger partial charge is 0.476 e. The van der Waals surface area contributed by atoms with Crippen molar-refractivity contribution in [2.24, 2.45) is 0 Å². The molecule has 0 aliphatic rings. The topological polar surface area (TPSA) is 88.0 Å². The summed E-state index contributed by atoms with van der Waals surface area (Å²) in [4.78, 5) is 14.6. The van der Waals surface area contributed by atoms with Crippen LogP contribution in [0.4, 0.5) is 5.13 Å². The highest BCUT2D eigenvalue weighted by Crippen LogP contribution is 2.12. The van der Waals surface area contributed by atoms with E-state index >= 15 is 0 Å². The molecule has 16 heavy (non-hydrogen) atoms. The van der Waals surface area contributed by atoms with E-state index in [1.54, 1.807) is 10.9 Å². The average molecular weight is 256 g/mol. The average Bonchev–Trinajstić information content (AvgIpc) is 2.87. The van der Waals surface area contributed by atoms with Crippen molar-refractivity contribution >= 4 is 33.8 Å². The molecule has 84 valence electrons. The number of aromatic carboxylic acids is 1. The van der Waals surface area contributed by atoms with Gasteiger partial charge in [-0.25, -0.2) is 9.78 Å². The predicted molar refractivity (Wildman–Crippen MR) is 61.2 cm³/mol. The molecule has 0 fully saturated rings. The van der Waals surface area contributed by atoms with Gasteiger partial charge in [0.25, 0.3) is 0 Å². The van der Waals surface area contributed by atoms with E-state index in [1.165, 1.54) is 22.7 Å². The van der Waals surface area contributed by atoms with Crippen LogP contribution in [0.15, 0.2) is 10.9 Å². The van der Waals surface area contributed by atoms with Crippen molar-refractivity contribution in [3.05, 3.63) is 21.6 Å². The smallest absolute Gasteiger partial charge is 0.355 e. The molecule has 0 spiro atoms. The maximum atomic E-state index is 10.6. The Balaban J connectivity index is 1.83. The fourth-order valence-corrected chi connectivity index (χ4v) is 2.30. The lowest BCUT2D eigenvalue weighted by atomic mass is 10.4. The number of thiazole rings is 1. The maximum absolute atomic E-state index is 10.6. The van der Waals surface area contributed by atoms with Crippen LogP contribution in [0.5, 0.6) is 0 Å². The fraction of sp³-hybridized carbons (Fsp3) is 0.250. The summed E-state index contributed by atoms with van der Waals surface area (Å²) in [7, 11) is 0. The van der Waals surface area contributed by atoms with Crippen LogP contribution in [0.1, 0.15) is 15.5 Å². The fourth-order valence-electron chi connectivity index (χ4n) is 1.05. The zero-order chi connectivity index (χ0) is 11.4. The highest BCUT2D eigenvalue weighted by atomic mass is 32.1. The predicted octanol–water partition coefficient (Wildman–Crippen LogP) is 1.35. The number of nitrogens with one attached hydrogen (secondary N) is 1. The lowest BCUT2D eigenvalue weighted by Gasteiger charge is -1.98. The third-order valence-corrected chi connectivity index (χ3v) is 3.30. The van der Waals surface area contributed by atoms with Crippen molar-refractivity contribution in [3.8, 4) is 0 Å². The molecule has 0 unspecified atom stereocenters. The summed E-state index contributed by atoms with van der Waals surface area (Å²) in [5, 5.41) is 22.4.